The van der Waals surface area contributed by atoms with Gasteiger partial charge in [0.15, 0.2) is 28.8 Å². The Balaban J connectivity index is 0.00000342. The number of benzene rings is 2. The average Bonchev–Trinajstić information content (AvgIpc) is 3.15. The number of hydrogen-bond acceptors (Lipinski definition) is 8. The van der Waals surface area contributed by atoms with Gasteiger partial charge in [0.2, 0.25) is 0 Å². The SMILES string of the molecule is COc1cc2c(cc1OC)-c1c(c3cc(OC)c(OC)cc3c(=O)n1CCCNCCO)C2=O.Cl. The molecule has 1 aliphatic carbocycles. The standard InChI is InChI=1S/C25H28N2O7.ClH/c1-31-18-10-14-17(13-21(18)34-4)25(30)27(8-5-6-26-7-9-28)23-15-11-19(32-2)20(33-3)12-16(15)24(29)22(14)23;/h10-13,26,28H,5-9H2,1-4H3;1H. The number of hydrogen-bond donors (Lipinski definition) is 2. The molecule has 2 N–H and O–H groups in total. The van der Waals surface area contributed by atoms with Crippen molar-refractivity contribution < 1.29 is 28.8 Å². The molecular formula is C25H29ClN2O7. The molecule has 0 bridgehead atoms. The number of ketones is 1. The second kappa shape index (κ2) is 11.0. The van der Waals surface area contributed by atoms with E-state index in [0.29, 0.717) is 82.2 Å². The van der Waals surface area contributed by atoms with Crippen LogP contribution in [0.2, 0.25) is 0 Å². The fourth-order valence-electron chi connectivity index (χ4n) is 4.46. The van der Waals surface area contributed by atoms with E-state index in [2.05, 4.69) is 5.32 Å². The van der Waals surface area contributed by atoms with Crippen LogP contribution >= 0.6 is 12.4 Å². The van der Waals surface area contributed by atoms with Gasteiger partial charge in [-0.1, -0.05) is 0 Å². The van der Waals surface area contributed by atoms with Crippen molar-refractivity contribution in [2.45, 2.75) is 13.0 Å². The summed E-state index contributed by atoms with van der Waals surface area (Å²) in [6, 6.07) is 6.69. The predicted octanol–water partition coefficient (Wildman–Crippen LogP) is 2.64. The van der Waals surface area contributed by atoms with Crippen LogP contribution in [-0.2, 0) is 6.54 Å². The molecule has 1 aromatic heterocycles. The molecule has 1 aliphatic rings. The van der Waals surface area contributed by atoms with E-state index < -0.39 is 0 Å². The zero-order valence-corrected chi connectivity index (χ0v) is 20.9. The second-order valence-corrected chi connectivity index (χ2v) is 7.84. The maximum atomic E-state index is 13.7. The van der Waals surface area contributed by atoms with Gasteiger partial charge >= 0.3 is 0 Å². The lowest BCUT2D eigenvalue weighted by Gasteiger charge is -2.17. The minimum Gasteiger partial charge on any atom is -0.493 e. The van der Waals surface area contributed by atoms with Crippen LogP contribution in [-0.4, -0.2) is 63.6 Å². The van der Waals surface area contributed by atoms with E-state index in [0.717, 1.165) is 0 Å². The molecule has 0 atom stereocenters. The van der Waals surface area contributed by atoms with Crippen LogP contribution in [0, 0.1) is 0 Å². The lowest BCUT2D eigenvalue weighted by molar-refractivity contribution is 0.104. The zero-order chi connectivity index (χ0) is 24.4. The Bertz CT molecular complexity index is 1320. The first-order valence-corrected chi connectivity index (χ1v) is 11.0. The summed E-state index contributed by atoms with van der Waals surface area (Å²) in [7, 11) is 6.05. The summed E-state index contributed by atoms with van der Waals surface area (Å²) in [5.74, 6) is 1.55. The molecular weight excluding hydrogens is 476 g/mol. The molecule has 35 heavy (non-hydrogen) atoms. The molecule has 10 heteroatoms. The Morgan fingerprint density at radius 2 is 1.34 bits per heavy atom. The van der Waals surface area contributed by atoms with Gasteiger partial charge in [-0.2, -0.15) is 0 Å². The van der Waals surface area contributed by atoms with Crippen molar-refractivity contribution in [1.82, 2.24) is 9.88 Å². The molecule has 0 unspecified atom stereocenters. The molecule has 4 rings (SSSR count). The molecule has 0 aliphatic heterocycles. The summed E-state index contributed by atoms with van der Waals surface area (Å²) >= 11 is 0. The summed E-state index contributed by atoms with van der Waals surface area (Å²) in [4.78, 5) is 27.4. The minimum absolute atomic E-state index is 0. The smallest absolute Gasteiger partial charge is 0.259 e. The van der Waals surface area contributed by atoms with E-state index in [4.69, 9.17) is 24.1 Å². The highest BCUT2D eigenvalue weighted by Gasteiger charge is 2.34. The Morgan fingerprint density at radius 3 is 1.91 bits per heavy atom. The molecule has 9 nitrogen and oxygen atoms in total. The number of pyridine rings is 1. The van der Waals surface area contributed by atoms with Crippen molar-refractivity contribution in [1.29, 1.82) is 0 Å². The summed E-state index contributed by atoms with van der Waals surface area (Å²) in [6.07, 6.45) is 0.627. The van der Waals surface area contributed by atoms with Gasteiger partial charge in [0.25, 0.3) is 5.56 Å². The minimum atomic E-state index is -0.229. The van der Waals surface area contributed by atoms with Crippen LogP contribution in [0.4, 0.5) is 0 Å². The summed E-state index contributed by atoms with van der Waals surface area (Å²) in [5.41, 5.74) is 1.82. The molecule has 188 valence electrons. The van der Waals surface area contributed by atoms with Crippen LogP contribution in [0.3, 0.4) is 0 Å². The third kappa shape index (κ3) is 4.42. The van der Waals surface area contributed by atoms with Crippen LogP contribution in [0.5, 0.6) is 23.0 Å². The average molecular weight is 505 g/mol. The van der Waals surface area contributed by atoms with E-state index in [1.165, 1.54) is 28.4 Å². The lowest BCUT2D eigenvalue weighted by atomic mass is 10.0. The fourth-order valence-corrected chi connectivity index (χ4v) is 4.46. The van der Waals surface area contributed by atoms with Crippen LogP contribution in [0.15, 0.2) is 29.1 Å². The number of aliphatic hydroxyl groups excluding tert-OH is 1. The van der Waals surface area contributed by atoms with Gasteiger partial charge in [0, 0.05) is 29.6 Å². The van der Waals surface area contributed by atoms with E-state index in [-0.39, 0.29) is 30.4 Å². The van der Waals surface area contributed by atoms with Gasteiger partial charge in [0.05, 0.1) is 51.7 Å². The number of ether oxygens (including phenoxy) is 4. The van der Waals surface area contributed by atoms with Crippen molar-refractivity contribution in [3.63, 3.8) is 0 Å². The van der Waals surface area contributed by atoms with E-state index in [9.17, 15) is 9.59 Å². The Labute approximate surface area is 209 Å². The first-order chi connectivity index (χ1) is 16.5. The van der Waals surface area contributed by atoms with Crippen LogP contribution in [0.1, 0.15) is 22.3 Å². The molecule has 0 fully saturated rings. The van der Waals surface area contributed by atoms with Crippen LogP contribution < -0.4 is 29.8 Å². The number of carbonyl (C=O) groups is 1. The molecule has 3 aromatic rings. The molecule has 0 amide bonds. The number of nitrogens with zero attached hydrogens (tertiary/aromatic N) is 1. The molecule has 2 aromatic carbocycles. The number of aliphatic hydroxyl groups is 1. The van der Waals surface area contributed by atoms with Gasteiger partial charge in [0.1, 0.15) is 0 Å². The van der Waals surface area contributed by atoms with E-state index in [1.54, 1.807) is 28.8 Å². The number of halogens is 1. The predicted molar refractivity (Wildman–Crippen MR) is 135 cm³/mol. The summed E-state index contributed by atoms with van der Waals surface area (Å²) in [6.45, 7) is 1.50. The number of methoxy groups -OCH3 is 4. The van der Waals surface area contributed by atoms with Crippen molar-refractivity contribution >= 4 is 29.0 Å². The van der Waals surface area contributed by atoms with E-state index >= 15 is 0 Å². The number of aromatic nitrogens is 1. The normalized spacial score (nSPS) is 11.6. The molecule has 1 heterocycles. The second-order valence-electron chi connectivity index (χ2n) is 7.84. The first kappa shape index (κ1) is 26.3. The van der Waals surface area contributed by atoms with Gasteiger partial charge in [-0.25, -0.2) is 0 Å². The van der Waals surface area contributed by atoms with Gasteiger partial charge in [-0.05, 0) is 37.2 Å². The number of carbonyl (C=O) groups excluding carboxylic acids is 1. The monoisotopic (exact) mass is 504 g/mol. The maximum absolute atomic E-state index is 13.7. The third-order valence-corrected chi connectivity index (χ3v) is 6.05. The van der Waals surface area contributed by atoms with Gasteiger partial charge in [-0.15, -0.1) is 12.4 Å². The highest BCUT2D eigenvalue weighted by Crippen LogP contribution is 2.45. The van der Waals surface area contributed by atoms with Crippen LogP contribution in [0.25, 0.3) is 22.0 Å². The van der Waals surface area contributed by atoms with Crippen molar-refractivity contribution in [2.75, 3.05) is 48.1 Å². The quantitative estimate of drug-likeness (QED) is 0.317. The fraction of sp³-hybridized carbons (Fsp3) is 0.360. The lowest BCUT2D eigenvalue weighted by Crippen LogP contribution is -2.26. The van der Waals surface area contributed by atoms with Crippen molar-refractivity contribution in [3.05, 3.63) is 45.7 Å². The Hall–Kier alpha value is -3.27. The first-order valence-electron chi connectivity index (χ1n) is 11.0. The van der Waals surface area contributed by atoms with E-state index in [1.807, 2.05) is 0 Å². The molecule has 0 saturated carbocycles. The summed E-state index contributed by atoms with van der Waals surface area (Å²) < 4.78 is 23.4. The summed E-state index contributed by atoms with van der Waals surface area (Å²) in [5, 5.41) is 13.0. The van der Waals surface area contributed by atoms with Gasteiger partial charge < -0.3 is 33.9 Å². The Morgan fingerprint density at radius 1 is 0.800 bits per heavy atom. The number of fused-ring (bicyclic) bond motifs is 5. The highest BCUT2D eigenvalue weighted by atomic mass is 35.5. The number of rotatable bonds is 10. The van der Waals surface area contributed by atoms with Crippen molar-refractivity contribution in [3.8, 4) is 34.3 Å². The number of nitrogens with one attached hydrogen (secondary N) is 1. The largest absolute Gasteiger partial charge is 0.493 e. The molecule has 0 spiro atoms. The topological polar surface area (TPSA) is 108 Å². The van der Waals surface area contributed by atoms with Gasteiger partial charge in [-0.3, -0.25) is 9.59 Å². The molecule has 0 radical (unpaired) electrons. The molecule has 0 saturated heterocycles. The Kier molecular flexibility index (Phi) is 8.26. The zero-order valence-electron chi connectivity index (χ0n) is 20.1. The van der Waals surface area contributed by atoms with Crippen molar-refractivity contribution in [2.24, 2.45) is 0 Å². The maximum Gasteiger partial charge on any atom is 0.259 e. The third-order valence-electron chi connectivity index (χ3n) is 6.05. The highest BCUT2D eigenvalue weighted by molar-refractivity contribution is 6.27.